The second kappa shape index (κ2) is 14.3. The Morgan fingerprint density at radius 2 is 1.67 bits per heavy atom. The molecule has 0 bridgehead atoms. The number of carbonyl (C=O) groups is 2. The second-order valence-electron chi connectivity index (χ2n) is 12.5. The Bertz CT molecular complexity index is 1560. The molecule has 1 saturated heterocycles. The fourth-order valence-electron chi connectivity index (χ4n) is 7.00. The van der Waals surface area contributed by atoms with Crippen molar-refractivity contribution in [2.45, 2.75) is 59.0 Å². The van der Waals surface area contributed by atoms with Gasteiger partial charge in [-0.15, -0.1) is 0 Å². The van der Waals surface area contributed by atoms with Gasteiger partial charge in [-0.05, 0) is 91.3 Å². The summed E-state index contributed by atoms with van der Waals surface area (Å²) in [5.74, 6) is -2.27. The number of allylic oxidation sites excluding steroid dienone is 2. The first-order chi connectivity index (χ1) is 21.7. The van der Waals surface area contributed by atoms with E-state index in [4.69, 9.17) is 0 Å². The van der Waals surface area contributed by atoms with Crippen LogP contribution in [0.4, 0.5) is 17.1 Å². The molecule has 1 fully saturated rings. The number of para-hydroxylation sites is 1. The van der Waals surface area contributed by atoms with Crippen LogP contribution in [0.5, 0.6) is 5.75 Å². The van der Waals surface area contributed by atoms with E-state index in [1.165, 1.54) is 4.90 Å². The molecule has 5 rings (SSSR count). The highest BCUT2D eigenvalue weighted by Gasteiger charge is 2.55. The zero-order chi connectivity index (χ0) is 32.1. The summed E-state index contributed by atoms with van der Waals surface area (Å²) in [6.45, 7) is 5.87. The average molecular weight is 609 g/mol. The van der Waals surface area contributed by atoms with Crippen molar-refractivity contribution in [1.29, 1.82) is 0 Å². The Hall–Kier alpha value is -4.20. The van der Waals surface area contributed by atoms with Crippen LogP contribution in [0.3, 0.4) is 0 Å². The monoisotopic (exact) mass is 608 g/mol. The molecule has 45 heavy (non-hydrogen) atoms. The van der Waals surface area contributed by atoms with Crippen LogP contribution < -0.4 is 10.2 Å². The minimum Gasteiger partial charge on any atom is -0.508 e. The number of fused-ring (bicyclic) bond motifs is 1. The Labute approximate surface area is 265 Å². The number of aliphatic hydroxyl groups is 2. The van der Waals surface area contributed by atoms with Crippen molar-refractivity contribution in [2.75, 3.05) is 16.8 Å². The molecule has 2 aliphatic rings. The first kappa shape index (κ1) is 32.2. The number of imide groups is 1. The predicted molar refractivity (Wildman–Crippen MR) is 179 cm³/mol. The maximum absolute atomic E-state index is 14.0. The van der Waals surface area contributed by atoms with Crippen LogP contribution >= 0.6 is 0 Å². The van der Waals surface area contributed by atoms with Crippen LogP contribution in [0.15, 0.2) is 95.6 Å². The van der Waals surface area contributed by atoms with Crippen molar-refractivity contribution < 1.29 is 24.9 Å². The fraction of sp³-hybridized carbons (Fsp3) is 0.368. The number of rotatable bonds is 12. The van der Waals surface area contributed by atoms with Gasteiger partial charge in [0, 0.05) is 17.3 Å². The maximum Gasteiger partial charge on any atom is 0.238 e. The molecule has 236 valence electrons. The van der Waals surface area contributed by atoms with Gasteiger partial charge in [0.15, 0.2) is 0 Å². The van der Waals surface area contributed by atoms with Gasteiger partial charge in [0.1, 0.15) is 5.75 Å². The second-order valence-corrected chi connectivity index (χ2v) is 12.5. The van der Waals surface area contributed by atoms with E-state index < -0.39 is 23.9 Å². The number of amides is 2. The van der Waals surface area contributed by atoms with Gasteiger partial charge in [-0.3, -0.25) is 14.5 Å². The summed E-state index contributed by atoms with van der Waals surface area (Å²) in [6, 6.07) is 24.1. The number of phenolic OH excluding ortho intramolecular Hbond substituents is 1. The minimum absolute atomic E-state index is 0.0443. The van der Waals surface area contributed by atoms with Crippen LogP contribution in [0.25, 0.3) is 6.08 Å². The quantitative estimate of drug-likeness (QED) is 0.128. The number of hydrogen-bond donors (Lipinski definition) is 4. The van der Waals surface area contributed by atoms with Gasteiger partial charge >= 0.3 is 0 Å². The molecule has 1 heterocycles. The van der Waals surface area contributed by atoms with E-state index in [1.807, 2.05) is 68.4 Å². The summed E-state index contributed by atoms with van der Waals surface area (Å²) in [4.78, 5) is 29.1. The molecule has 0 saturated carbocycles. The molecular formula is C38H44N2O5. The maximum atomic E-state index is 14.0. The lowest BCUT2D eigenvalue weighted by Gasteiger charge is -2.38. The van der Waals surface area contributed by atoms with Crippen LogP contribution in [0.2, 0.25) is 0 Å². The number of aliphatic hydroxyl groups excluding tert-OH is 2. The van der Waals surface area contributed by atoms with E-state index >= 15 is 0 Å². The molecule has 3 aromatic carbocycles. The molecule has 4 atom stereocenters. The third-order valence-corrected chi connectivity index (χ3v) is 9.11. The van der Waals surface area contributed by atoms with E-state index in [1.54, 1.807) is 24.3 Å². The topological polar surface area (TPSA) is 110 Å². The molecule has 7 heteroatoms. The highest BCUT2D eigenvalue weighted by molar-refractivity contribution is 6.22. The Morgan fingerprint density at radius 1 is 0.956 bits per heavy atom. The van der Waals surface area contributed by atoms with Crippen LogP contribution in [-0.4, -0.2) is 39.8 Å². The molecule has 0 spiro atoms. The third kappa shape index (κ3) is 7.05. The molecule has 0 unspecified atom stereocenters. The van der Waals surface area contributed by atoms with Gasteiger partial charge in [0.25, 0.3) is 0 Å². The number of carbonyl (C=O) groups excluding carboxylic acids is 2. The van der Waals surface area contributed by atoms with E-state index in [-0.39, 0.29) is 30.1 Å². The number of benzene rings is 3. The lowest BCUT2D eigenvalue weighted by atomic mass is 9.66. The molecule has 0 radical (unpaired) electrons. The highest BCUT2D eigenvalue weighted by atomic mass is 16.3. The van der Waals surface area contributed by atoms with Crippen molar-refractivity contribution in [1.82, 2.24) is 0 Å². The lowest BCUT2D eigenvalue weighted by molar-refractivity contribution is -0.123. The number of aromatic hydroxyl groups is 1. The molecule has 1 aliphatic heterocycles. The Morgan fingerprint density at radius 3 is 2.31 bits per heavy atom. The highest BCUT2D eigenvalue weighted by Crippen LogP contribution is 2.49. The van der Waals surface area contributed by atoms with Gasteiger partial charge in [-0.2, -0.15) is 0 Å². The fourth-order valence-corrected chi connectivity index (χ4v) is 7.00. The van der Waals surface area contributed by atoms with Gasteiger partial charge in [0.05, 0.1) is 30.2 Å². The molecule has 4 N–H and O–H groups in total. The summed E-state index contributed by atoms with van der Waals surface area (Å²) < 4.78 is 0. The van der Waals surface area contributed by atoms with Gasteiger partial charge in [-0.1, -0.05) is 74.7 Å². The zero-order valence-corrected chi connectivity index (χ0v) is 26.3. The van der Waals surface area contributed by atoms with Crippen molar-refractivity contribution >= 4 is 35.0 Å². The molecule has 1 aliphatic carbocycles. The standard InChI is InChI=1S/C38H44N2O5/c1-4-9-25(20-26-10-8-13-30(42)21-26)14-19-34(43)35-31(24(2)3)22-32-36(33(35)23-41)38(45)40(37(32)44)29-17-15-28(16-18-29)39-27-11-6-5-7-12-27/h5-8,10-13,15-18,20-21,24,32-34,36,39,41-43H,4,9,14,19,22-23H2,1-3H3/b25-20+/t32-,33+,34-,36-/m1/s1. The normalized spacial score (nSPS) is 21.0. The van der Waals surface area contributed by atoms with E-state index in [9.17, 15) is 24.9 Å². The number of hydrogen-bond acceptors (Lipinski definition) is 6. The molecule has 7 nitrogen and oxygen atoms in total. The number of anilines is 3. The first-order valence-corrected chi connectivity index (χ1v) is 16.0. The largest absolute Gasteiger partial charge is 0.508 e. The summed E-state index contributed by atoms with van der Waals surface area (Å²) in [6.07, 6.45) is 4.46. The van der Waals surface area contributed by atoms with Gasteiger partial charge in [-0.25, -0.2) is 0 Å². The third-order valence-electron chi connectivity index (χ3n) is 9.11. The number of phenols is 1. The Kier molecular flexibility index (Phi) is 10.2. The lowest BCUT2D eigenvalue weighted by Crippen LogP contribution is -2.39. The smallest absolute Gasteiger partial charge is 0.238 e. The van der Waals surface area contributed by atoms with Crippen LogP contribution in [0, 0.1) is 23.7 Å². The predicted octanol–water partition coefficient (Wildman–Crippen LogP) is 7.23. The summed E-state index contributed by atoms with van der Waals surface area (Å²) in [5.41, 5.74) is 6.02. The minimum atomic E-state index is -0.856. The summed E-state index contributed by atoms with van der Waals surface area (Å²) in [5, 5.41) is 35.6. The zero-order valence-electron chi connectivity index (χ0n) is 26.3. The van der Waals surface area contributed by atoms with E-state index in [0.29, 0.717) is 30.5 Å². The molecule has 3 aromatic rings. The van der Waals surface area contributed by atoms with Crippen LogP contribution in [0.1, 0.15) is 58.4 Å². The van der Waals surface area contributed by atoms with Crippen molar-refractivity contribution in [3.8, 4) is 5.75 Å². The van der Waals surface area contributed by atoms with Gasteiger partial charge < -0.3 is 20.6 Å². The van der Waals surface area contributed by atoms with Crippen molar-refractivity contribution in [3.63, 3.8) is 0 Å². The van der Waals surface area contributed by atoms with E-state index in [0.717, 1.165) is 40.9 Å². The average Bonchev–Trinajstić information content (AvgIpc) is 3.28. The first-order valence-electron chi connectivity index (χ1n) is 16.0. The van der Waals surface area contributed by atoms with Crippen LogP contribution in [-0.2, 0) is 9.59 Å². The van der Waals surface area contributed by atoms with Crippen molar-refractivity contribution in [3.05, 3.63) is 101 Å². The van der Waals surface area contributed by atoms with E-state index in [2.05, 4.69) is 18.3 Å². The summed E-state index contributed by atoms with van der Waals surface area (Å²) >= 11 is 0. The molecule has 0 aromatic heterocycles. The molecule has 2 amide bonds. The van der Waals surface area contributed by atoms with Gasteiger partial charge in [0.2, 0.25) is 11.8 Å². The van der Waals surface area contributed by atoms with Crippen molar-refractivity contribution in [2.24, 2.45) is 23.7 Å². The molecular weight excluding hydrogens is 564 g/mol. The SMILES string of the molecule is CCC/C(=C\c1cccc(O)c1)CC[C@@H](O)C1=C(C(C)C)C[C@H]2C(=O)N(c3ccc(Nc4ccccc4)cc3)C(=O)[C@H]2[C@H]1CO. The number of nitrogens with one attached hydrogen (secondary N) is 1. The number of nitrogens with zero attached hydrogens (tertiary/aromatic N) is 1. The Balaban J connectivity index is 1.37. The summed E-state index contributed by atoms with van der Waals surface area (Å²) in [7, 11) is 0.